The number of esters is 1. The van der Waals surface area contributed by atoms with Crippen LogP contribution in [-0.4, -0.2) is 34.8 Å². The van der Waals surface area contributed by atoms with Gasteiger partial charge < -0.3 is 9.47 Å². The van der Waals surface area contributed by atoms with Crippen LogP contribution in [0.3, 0.4) is 0 Å². The van der Waals surface area contributed by atoms with E-state index in [9.17, 15) is 4.79 Å². The number of para-hydroxylation sites is 1. The first-order valence-electron chi connectivity index (χ1n) is 6.29. The average Bonchev–Trinajstić information content (AvgIpc) is 3.00. The highest BCUT2D eigenvalue weighted by Gasteiger charge is 2.18. The molecular weight excluding hydrogens is 270 g/mol. The molecule has 2 aromatic heterocycles. The molecule has 0 spiro atoms. The highest BCUT2D eigenvalue weighted by Crippen LogP contribution is 2.32. The Hall–Kier alpha value is -2.89. The lowest BCUT2D eigenvalue weighted by Crippen LogP contribution is -2.06. The lowest BCUT2D eigenvalue weighted by atomic mass is 10.0. The zero-order chi connectivity index (χ0) is 14.8. The van der Waals surface area contributed by atoms with E-state index in [1.807, 2.05) is 24.3 Å². The van der Waals surface area contributed by atoms with Crippen molar-refractivity contribution in [3.05, 3.63) is 48.4 Å². The second-order valence-electron chi connectivity index (χ2n) is 4.36. The van der Waals surface area contributed by atoms with Gasteiger partial charge in [0.1, 0.15) is 12.1 Å². The van der Waals surface area contributed by atoms with E-state index in [1.54, 1.807) is 23.9 Å². The van der Waals surface area contributed by atoms with Crippen LogP contribution >= 0.6 is 0 Å². The molecule has 0 atom stereocenters. The third-order valence-electron chi connectivity index (χ3n) is 3.22. The number of pyridine rings is 1. The number of hydrogen-bond donors (Lipinski definition) is 0. The minimum Gasteiger partial charge on any atom is -0.496 e. The van der Waals surface area contributed by atoms with Gasteiger partial charge in [-0.25, -0.2) is 14.3 Å². The van der Waals surface area contributed by atoms with E-state index >= 15 is 0 Å². The van der Waals surface area contributed by atoms with Gasteiger partial charge in [-0.05, 0) is 12.1 Å². The zero-order valence-corrected chi connectivity index (χ0v) is 11.6. The minimum atomic E-state index is -0.429. The maximum Gasteiger partial charge on any atom is 0.338 e. The van der Waals surface area contributed by atoms with Crippen LogP contribution < -0.4 is 4.74 Å². The van der Waals surface area contributed by atoms with Crippen LogP contribution in [0.15, 0.2) is 42.9 Å². The summed E-state index contributed by atoms with van der Waals surface area (Å²) in [6.45, 7) is 0. The first-order valence-corrected chi connectivity index (χ1v) is 6.29. The van der Waals surface area contributed by atoms with E-state index in [1.165, 1.54) is 13.4 Å². The van der Waals surface area contributed by atoms with Gasteiger partial charge in [0.05, 0.1) is 19.8 Å². The van der Waals surface area contributed by atoms with Gasteiger partial charge in [0.15, 0.2) is 5.65 Å². The van der Waals surface area contributed by atoms with Gasteiger partial charge in [0.2, 0.25) is 0 Å². The highest BCUT2D eigenvalue weighted by molar-refractivity contribution is 5.98. The van der Waals surface area contributed by atoms with Crippen molar-refractivity contribution in [1.82, 2.24) is 14.6 Å². The van der Waals surface area contributed by atoms with Gasteiger partial charge in [-0.3, -0.25) is 0 Å². The van der Waals surface area contributed by atoms with Crippen LogP contribution in [0, 0.1) is 0 Å². The topological polar surface area (TPSA) is 65.7 Å². The molecule has 0 fully saturated rings. The summed E-state index contributed by atoms with van der Waals surface area (Å²) in [6.07, 6.45) is 3.18. The van der Waals surface area contributed by atoms with Crippen molar-refractivity contribution in [3.8, 4) is 16.9 Å². The quantitative estimate of drug-likeness (QED) is 0.689. The predicted octanol–water partition coefficient (Wildman–Crippen LogP) is 2.19. The summed E-state index contributed by atoms with van der Waals surface area (Å²) in [4.78, 5) is 16.1. The van der Waals surface area contributed by atoms with Gasteiger partial charge in [-0.15, -0.1) is 0 Å². The Balaban J connectivity index is 2.31. The summed E-state index contributed by atoms with van der Waals surface area (Å²) in [6, 6.07) is 9.12. The fraction of sp³-hybridized carbons (Fsp3) is 0.133. The van der Waals surface area contributed by atoms with Crippen molar-refractivity contribution in [2.45, 2.75) is 0 Å². The first-order chi connectivity index (χ1) is 10.2. The summed E-state index contributed by atoms with van der Waals surface area (Å²) < 4.78 is 11.8. The molecule has 2 heterocycles. The number of benzene rings is 1. The Kier molecular flexibility index (Phi) is 3.27. The third-order valence-corrected chi connectivity index (χ3v) is 3.22. The molecule has 0 N–H and O–H groups in total. The molecule has 0 aliphatic rings. The molecule has 3 aromatic rings. The number of hydrogen-bond acceptors (Lipinski definition) is 5. The SMILES string of the molecule is COC(=O)c1cc2ncnn2cc1-c1ccccc1OC. The fourth-order valence-corrected chi connectivity index (χ4v) is 2.22. The number of aromatic nitrogens is 3. The molecule has 6 heteroatoms. The van der Waals surface area contributed by atoms with E-state index in [-0.39, 0.29) is 0 Å². The minimum absolute atomic E-state index is 0.419. The molecule has 0 unspecified atom stereocenters. The molecule has 1 aromatic carbocycles. The van der Waals surface area contributed by atoms with Crippen LogP contribution in [0.4, 0.5) is 0 Å². The number of methoxy groups -OCH3 is 2. The number of fused-ring (bicyclic) bond motifs is 1. The smallest absolute Gasteiger partial charge is 0.338 e. The summed E-state index contributed by atoms with van der Waals surface area (Å²) in [5, 5.41) is 4.10. The molecule has 0 saturated carbocycles. The largest absolute Gasteiger partial charge is 0.496 e. The zero-order valence-electron chi connectivity index (χ0n) is 11.6. The molecule has 0 bridgehead atoms. The van der Waals surface area contributed by atoms with Crippen molar-refractivity contribution < 1.29 is 14.3 Å². The number of ether oxygens (including phenoxy) is 2. The number of rotatable bonds is 3. The van der Waals surface area contributed by atoms with Gasteiger partial charge in [-0.1, -0.05) is 18.2 Å². The molecule has 0 aliphatic carbocycles. The molecule has 0 aliphatic heterocycles. The van der Waals surface area contributed by atoms with Crippen LogP contribution in [0.2, 0.25) is 0 Å². The molecule has 3 rings (SSSR count). The van der Waals surface area contributed by atoms with Crippen LogP contribution in [0.5, 0.6) is 5.75 Å². The maximum atomic E-state index is 12.1. The Morgan fingerprint density at radius 3 is 2.76 bits per heavy atom. The molecule has 0 saturated heterocycles. The van der Waals surface area contributed by atoms with Crippen LogP contribution in [0.1, 0.15) is 10.4 Å². The van der Waals surface area contributed by atoms with E-state index in [2.05, 4.69) is 10.1 Å². The number of carbonyl (C=O) groups excluding carboxylic acids is 1. The van der Waals surface area contributed by atoms with E-state index in [0.29, 0.717) is 22.5 Å². The summed E-state index contributed by atoms with van der Waals surface area (Å²) in [7, 11) is 2.94. The molecule has 21 heavy (non-hydrogen) atoms. The molecule has 0 amide bonds. The van der Waals surface area contributed by atoms with Crippen molar-refractivity contribution in [2.75, 3.05) is 14.2 Å². The van der Waals surface area contributed by atoms with Crippen LogP contribution in [0.25, 0.3) is 16.8 Å². The first kappa shape index (κ1) is 13.1. The second-order valence-corrected chi connectivity index (χ2v) is 4.36. The van der Waals surface area contributed by atoms with Gasteiger partial charge >= 0.3 is 5.97 Å². The number of carbonyl (C=O) groups is 1. The Morgan fingerprint density at radius 2 is 2.00 bits per heavy atom. The van der Waals surface area contributed by atoms with E-state index in [4.69, 9.17) is 9.47 Å². The summed E-state index contributed by atoms with van der Waals surface area (Å²) in [5.41, 5.74) is 2.46. The van der Waals surface area contributed by atoms with Crippen molar-refractivity contribution in [2.24, 2.45) is 0 Å². The molecule has 0 radical (unpaired) electrons. The third kappa shape index (κ3) is 2.20. The van der Waals surface area contributed by atoms with E-state index in [0.717, 1.165) is 5.56 Å². The normalized spacial score (nSPS) is 10.6. The second kappa shape index (κ2) is 5.24. The summed E-state index contributed by atoms with van der Waals surface area (Å²) in [5.74, 6) is 0.239. The Labute approximate surface area is 120 Å². The van der Waals surface area contributed by atoms with Crippen molar-refractivity contribution >= 4 is 11.6 Å². The molecular formula is C15H13N3O3. The molecule has 106 valence electrons. The average molecular weight is 283 g/mol. The monoisotopic (exact) mass is 283 g/mol. The van der Waals surface area contributed by atoms with E-state index < -0.39 is 5.97 Å². The molecule has 6 nitrogen and oxygen atoms in total. The van der Waals surface area contributed by atoms with Crippen molar-refractivity contribution in [3.63, 3.8) is 0 Å². The lowest BCUT2D eigenvalue weighted by Gasteiger charge is -2.12. The van der Waals surface area contributed by atoms with Gasteiger partial charge in [0, 0.05) is 17.3 Å². The lowest BCUT2D eigenvalue weighted by molar-refractivity contribution is 0.0601. The standard InChI is InChI=1S/C15H13N3O3/c1-20-13-6-4-3-5-10(13)12-8-18-14(16-9-17-18)7-11(12)15(19)21-2/h3-9H,1-2H3. The van der Waals surface area contributed by atoms with Crippen molar-refractivity contribution in [1.29, 1.82) is 0 Å². The van der Waals surface area contributed by atoms with Gasteiger partial charge in [-0.2, -0.15) is 5.10 Å². The maximum absolute atomic E-state index is 12.1. The van der Waals surface area contributed by atoms with Gasteiger partial charge in [0.25, 0.3) is 0 Å². The van der Waals surface area contributed by atoms with Crippen LogP contribution in [-0.2, 0) is 4.74 Å². The predicted molar refractivity (Wildman–Crippen MR) is 76.3 cm³/mol. The fourth-order valence-electron chi connectivity index (χ4n) is 2.22. The Morgan fingerprint density at radius 1 is 1.19 bits per heavy atom. The number of nitrogens with zero attached hydrogens (tertiary/aromatic N) is 3. The highest BCUT2D eigenvalue weighted by atomic mass is 16.5. The summed E-state index contributed by atoms with van der Waals surface area (Å²) >= 11 is 0. The Bertz CT molecular complexity index is 811.